The molecule has 2 fully saturated rings. The lowest BCUT2D eigenvalue weighted by atomic mass is 9.67. The fraction of sp³-hybridized carbons (Fsp3) is 0.786. The third-order valence-corrected chi connectivity index (χ3v) is 4.22. The van der Waals surface area contributed by atoms with Gasteiger partial charge in [0.2, 0.25) is 0 Å². The van der Waals surface area contributed by atoms with Gasteiger partial charge in [-0.05, 0) is 31.1 Å². The summed E-state index contributed by atoms with van der Waals surface area (Å²) in [6.07, 6.45) is 10.5. The Morgan fingerprint density at radius 3 is 2.69 bits per heavy atom. The van der Waals surface area contributed by atoms with Crippen LogP contribution in [0.5, 0.6) is 0 Å². The molecule has 2 rings (SSSR count). The van der Waals surface area contributed by atoms with Gasteiger partial charge in [0.05, 0.1) is 5.92 Å². The van der Waals surface area contributed by atoms with Gasteiger partial charge in [-0.15, -0.1) is 0 Å². The van der Waals surface area contributed by atoms with E-state index in [0.717, 1.165) is 24.7 Å². The lowest BCUT2D eigenvalue weighted by Crippen LogP contribution is -2.32. The van der Waals surface area contributed by atoms with E-state index in [1.165, 1.54) is 32.1 Å². The Kier molecular flexibility index (Phi) is 4.03. The number of ether oxygens (including phenoxy) is 1. The highest BCUT2D eigenvalue weighted by Crippen LogP contribution is 2.42. The molecule has 3 atom stereocenters. The van der Waals surface area contributed by atoms with E-state index in [1.807, 2.05) is 0 Å². The monoisotopic (exact) mass is 222 g/mol. The van der Waals surface area contributed by atoms with Crippen LogP contribution >= 0.6 is 0 Å². The van der Waals surface area contributed by atoms with E-state index in [2.05, 4.69) is 6.58 Å². The Morgan fingerprint density at radius 1 is 1.19 bits per heavy atom. The first-order chi connectivity index (χ1) is 7.81. The zero-order chi connectivity index (χ0) is 11.4. The molecule has 2 saturated carbocycles. The fourth-order valence-corrected chi connectivity index (χ4v) is 3.35. The second-order valence-electron chi connectivity index (χ2n) is 5.23. The van der Waals surface area contributed by atoms with Crippen LogP contribution in [0, 0.1) is 17.8 Å². The van der Waals surface area contributed by atoms with E-state index in [4.69, 9.17) is 4.74 Å². The normalized spacial score (nSPS) is 33.9. The molecule has 0 amide bonds. The Morgan fingerprint density at radius 2 is 1.94 bits per heavy atom. The summed E-state index contributed by atoms with van der Waals surface area (Å²) < 4.78 is 5.15. The lowest BCUT2D eigenvalue weighted by molar-refractivity contribution is -0.149. The van der Waals surface area contributed by atoms with Crippen molar-refractivity contribution in [3.8, 4) is 0 Å². The van der Waals surface area contributed by atoms with E-state index in [-0.39, 0.29) is 11.9 Å². The van der Waals surface area contributed by atoms with Gasteiger partial charge in [-0.2, -0.15) is 0 Å². The Balaban J connectivity index is 1.84. The van der Waals surface area contributed by atoms with Crippen molar-refractivity contribution in [1.29, 1.82) is 0 Å². The summed E-state index contributed by atoms with van der Waals surface area (Å²) in [5.41, 5.74) is 0. The van der Waals surface area contributed by atoms with Gasteiger partial charge in [-0.1, -0.05) is 38.3 Å². The second-order valence-corrected chi connectivity index (χ2v) is 5.23. The summed E-state index contributed by atoms with van der Waals surface area (Å²) in [6, 6.07) is 0. The molecule has 2 nitrogen and oxygen atoms in total. The maximum absolute atomic E-state index is 11.8. The third-order valence-electron chi connectivity index (χ3n) is 4.22. The van der Waals surface area contributed by atoms with Crippen molar-refractivity contribution in [3.63, 3.8) is 0 Å². The zero-order valence-corrected chi connectivity index (χ0v) is 9.99. The minimum atomic E-state index is 0.00363. The van der Waals surface area contributed by atoms with Crippen molar-refractivity contribution in [2.24, 2.45) is 17.8 Å². The number of carbonyl (C=O) groups excluding carboxylic acids is 1. The van der Waals surface area contributed by atoms with Gasteiger partial charge in [0.15, 0.2) is 0 Å². The number of esters is 1. The van der Waals surface area contributed by atoms with Gasteiger partial charge >= 0.3 is 5.97 Å². The number of rotatable bonds is 3. The van der Waals surface area contributed by atoms with E-state index in [9.17, 15) is 4.79 Å². The minimum Gasteiger partial charge on any atom is -0.461 e. The van der Waals surface area contributed by atoms with Crippen molar-refractivity contribution in [1.82, 2.24) is 0 Å². The number of hydrogen-bond acceptors (Lipinski definition) is 2. The van der Waals surface area contributed by atoms with E-state index < -0.39 is 0 Å². The van der Waals surface area contributed by atoms with E-state index in [1.54, 1.807) is 6.08 Å². The SMILES string of the molecule is C=CCOC(=O)C1CCC2CCCCC2C1. The van der Waals surface area contributed by atoms with Gasteiger partial charge < -0.3 is 4.74 Å². The molecule has 0 aromatic rings. The highest BCUT2D eigenvalue weighted by molar-refractivity contribution is 5.72. The van der Waals surface area contributed by atoms with Gasteiger partial charge in [0.1, 0.15) is 6.61 Å². The molecule has 2 aliphatic rings. The zero-order valence-electron chi connectivity index (χ0n) is 9.99. The van der Waals surface area contributed by atoms with E-state index in [0.29, 0.717) is 6.61 Å². The molecule has 0 N–H and O–H groups in total. The maximum atomic E-state index is 11.8. The van der Waals surface area contributed by atoms with Crippen molar-refractivity contribution in [2.75, 3.05) is 6.61 Å². The molecule has 0 spiro atoms. The van der Waals surface area contributed by atoms with Crippen molar-refractivity contribution >= 4 is 5.97 Å². The topological polar surface area (TPSA) is 26.3 Å². The Bertz CT molecular complexity index is 259. The average molecular weight is 222 g/mol. The predicted molar refractivity (Wildman–Crippen MR) is 63.9 cm³/mol. The molecule has 16 heavy (non-hydrogen) atoms. The summed E-state index contributed by atoms with van der Waals surface area (Å²) in [7, 11) is 0. The second kappa shape index (κ2) is 5.51. The summed E-state index contributed by atoms with van der Waals surface area (Å²) in [5, 5.41) is 0. The van der Waals surface area contributed by atoms with Gasteiger partial charge in [0, 0.05) is 0 Å². The van der Waals surface area contributed by atoms with Crippen LogP contribution < -0.4 is 0 Å². The molecule has 0 aromatic carbocycles. The highest BCUT2D eigenvalue weighted by atomic mass is 16.5. The molecule has 0 aromatic heterocycles. The molecule has 0 saturated heterocycles. The smallest absolute Gasteiger partial charge is 0.309 e. The third kappa shape index (κ3) is 2.66. The highest BCUT2D eigenvalue weighted by Gasteiger charge is 2.35. The first-order valence-electron chi connectivity index (χ1n) is 6.58. The molecule has 0 heterocycles. The standard InChI is InChI=1S/C14H22O2/c1-2-9-16-14(15)13-8-7-11-5-3-4-6-12(11)10-13/h2,11-13H,1,3-10H2. The van der Waals surface area contributed by atoms with Crippen LogP contribution in [-0.2, 0) is 9.53 Å². The van der Waals surface area contributed by atoms with Crippen LogP contribution in [-0.4, -0.2) is 12.6 Å². The van der Waals surface area contributed by atoms with E-state index >= 15 is 0 Å². The summed E-state index contributed by atoms with van der Waals surface area (Å²) in [4.78, 5) is 11.8. The quantitative estimate of drug-likeness (QED) is 0.541. The molecule has 3 unspecified atom stereocenters. The molecular weight excluding hydrogens is 200 g/mol. The average Bonchev–Trinajstić information content (AvgIpc) is 2.35. The molecule has 2 aliphatic carbocycles. The first kappa shape index (κ1) is 11.7. The molecule has 2 heteroatoms. The maximum Gasteiger partial charge on any atom is 0.309 e. The van der Waals surface area contributed by atoms with Crippen LogP contribution in [0.1, 0.15) is 44.9 Å². The minimum absolute atomic E-state index is 0.00363. The molecule has 90 valence electrons. The van der Waals surface area contributed by atoms with Crippen LogP contribution in [0.3, 0.4) is 0 Å². The van der Waals surface area contributed by atoms with Crippen molar-refractivity contribution in [3.05, 3.63) is 12.7 Å². The molecule has 0 bridgehead atoms. The molecule has 0 radical (unpaired) electrons. The van der Waals surface area contributed by atoms with Gasteiger partial charge in [0.25, 0.3) is 0 Å². The summed E-state index contributed by atoms with van der Waals surface area (Å²) in [5.74, 6) is 1.87. The van der Waals surface area contributed by atoms with Crippen LogP contribution in [0.2, 0.25) is 0 Å². The van der Waals surface area contributed by atoms with Crippen LogP contribution in [0.4, 0.5) is 0 Å². The van der Waals surface area contributed by atoms with Crippen LogP contribution in [0.15, 0.2) is 12.7 Å². The first-order valence-corrected chi connectivity index (χ1v) is 6.58. The number of fused-ring (bicyclic) bond motifs is 1. The lowest BCUT2D eigenvalue weighted by Gasteiger charge is -2.38. The van der Waals surface area contributed by atoms with Crippen molar-refractivity contribution < 1.29 is 9.53 Å². The molecule has 0 aliphatic heterocycles. The fourth-order valence-electron chi connectivity index (χ4n) is 3.35. The largest absolute Gasteiger partial charge is 0.461 e. The van der Waals surface area contributed by atoms with Gasteiger partial charge in [-0.25, -0.2) is 0 Å². The summed E-state index contributed by atoms with van der Waals surface area (Å²) in [6.45, 7) is 3.93. The van der Waals surface area contributed by atoms with Gasteiger partial charge in [-0.3, -0.25) is 4.79 Å². The number of carbonyl (C=O) groups is 1. The van der Waals surface area contributed by atoms with Crippen LogP contribution in [0.25, 0.3) is 0 Å². The van der Waals surface area contributed by atoms with Crippen molar-refractivity contribution in [2.45, 2.75) is 44.9 Å². The Labute approximate surface area is 98.1 Å². The number of hydrogen-bond donors (Lipinski definition) is 0. The molecular formula is C14H22O2. The summed E-state index contributed by atoms with van der Waals surface area (Å²) >= 11 is 0. The predicted octanol–water partition coefficient (Wildman–Crippen LogP) is 3.32. The Hall–Kier alpha value is -0.790.